The average molecular weight is 266 g/mol. The van der Waals surface area contributed by atoms with Crippen LogP contribution in [0.25, 0.3) is 0 Å². The third kappa shape index (κ3) is 4.79. The highest BCUT2D eigenvalue weighted by atomic mass is 16.6. The summed E-state index contributed by atoms with van der Waals surface area (Å²) in [5.74, 6) is 0.699. The van der Waals surface area contributed by atoms with Gasteiger partial charge in [0.2, 0.25) is 0 Å². The predicted octanol–water partition coefficient (Wildman–Crippen LogP) is 3.06. The van der Waals surface area contributed by atoms with Crippen LogP contribution in [0, 0.1) is 0 Å². The number of amides is 1. The molecule has 0 aliphatic heterocycles. The van der Waals surface area contributed by atoms with Crippen LogP contribution >= 0.6 is 0 Å². The Morgan fingerprint density at radius 1 is 1.37 bits per heavy atom. The zero-order chi connectivity index (χ0) is 14.6. The summed E-state index contributed by atoms with van der Waals surface area (Å²) in [6.45, 7) is 7.30. The quantitative estimate of drug-likeness (QED) is 0.881. The van der Waals surface area contributed by atoms with Gasteiger partial charge in [-0.3, -0.25) is 5.32 Å². The molecule has 106 valence electrons. The van der Waals surface area contributed by atoms with E-state index in [4.69, 9.17) is 15.2 Å². The van der Waals surface area contributed by atoms with Crippen LogP contribution < -0.4 is 15.8 Å². The van der Waals surface area contributed by atoms with Crippen molar-refractivity contribution in [2.45, 2.75) is 39.3 Å². The van der Waals surface area contributed by atoms with Crippen LogP contribution in [0.15, 0.2) is 18.2 Å². The summed E-state index contributed by atoms with van der Waals surface area (Å²) in [5.41, 5.74) is 6.80. The van der Waals surface area contributed by atoms with E-state index in [0.717, 1.165) is 5.56 Å². The third-order valence-electron chi connectivity index (χ3n) is 2.37. The Bertz CT molecular complexity index is 450. The molecule has 0 spiro atoms. The molecule has 3 N–H and O–H groups in total. The molecule has 19 heavy (non-hydrogen) atoms. The van der Waals surface area contributed by atoms with Crippen LogP contribution in [0.1, 0.15) is 39.3 Å². The molecular formula is C14H22N2O3. The summed E-state index contributed by atoms with van der Waals surface area (Å²) in [4.78, 5) is 11.7. The Balaban J connectivity index is 2.85. The molecule has 0 heterocycles. The molecule has 5 nitrogen and oxygen atoms in total. The average Bonchev–Trinajstić information content (AvgIpc) is 2.26. The summed E-state index contributed by atoms with van der Waals surface area (Å²) < 4.78 is 10.4. The van der Waals surface area contributed by atoms with Crippen molar-refractivity contribution >= 4 is 11.8 Å². The number of anilines is 1. The van der Waals surface area contributed by atoms with Crippen LogP contribution in [-0.4, -0.2) is 18.8 Å². The molecule has 0 fully saturated rings. The first kappa shape index (κ1) is 15.3. The number of methoxy groups -OCH3 is 1. The van der Waals surface area contributed by atoms with Crippen molar-refractivity contribution in [2.75, 3.05) is 12.4 Å². The number of hydrogen-bond donors (Lipinski definition) is 2. The van der Waals surface area contributed by atoms with E-state index in [-0.39, 0.29) is 6.04 Å². The molecule has 0 saturated heterocycles. The van der Waals surface area contributed by atoms with E-state index in [1.54, 1.807) is 25.3 Å². The summed E-state index contributed by atoms with van der Waals surface area (Å²) in [6.07, 6.45) is -0.492. The van der Waals surface area contributed by atoms with Gasteiger partial charge in [0.1, 0.15) is 11.4 Å². The van der Waals surface area contributed by atoms with E-state index in [0.29, 0.717) is 11.4 Å². The molecule has 1 atom stereocenters. The number of rotatable bonds is 3. The van der Waals surface area contributed by atoms with Crippen LogP contribution in [-0.2, 0) is 4.74 Å². The number of nitrogens with one attached hydrogen (secondary N) is 1. The lowest BCUT2D eigenvalue weighted by molar-refractivity contribution is 0.0636. The highest BCUT2D eigenvalue weighted by Crippen LogP contribution is 2.27. The van der Waals surface area contributed by atoms with E-state index in [2.05, 4.69) is 5.32 Å². The van der Waals surface area contributed by atoms with Crippen LogP contribution in [0.2, 0.25) is 0 Å². The first-order valence-corrected chi connectivity index (χ1v) is 6.16. The van der Waals surface area contributed by atoms with Crippen molar-refractivity contribution in [2.24, 2.45) is 5.73 Å². The monoisotopic (exact) mass is 266 g/mol. The number of benzene rings is 1. The lowest BCUT2D eigenvalue weighted by atomic mass is 10.1. The van der Waals surface area contributed by atoms with Gasteiger partial charge in [-0.15, -0.1) is 0 Å². The maximum atomic E-state index is 11.7. The first-order valence-electron chi connectivity index (χ1n) is 6.16. The van der Waals surface area contributed by atoms with Crippen LogP contribution in [0.4, 0.5) is 10.5 Å². The second kappa shape index (κ2) is 5.93. The van der Waals surface area contributed by atoms with E-state index >= 15 is 0 Å². The molecule has 1 amide bonds. The highest BCUT2D eigenvalue weighted by Gasteiger charge is 2.17. The zero-order valence-electron chi connectivity index (χ0n) is 12.1. The van der Waals surface area contributed by atoms with Crippen molar-refractivity contribution in [1.29, 1.82) is 0 Å². The van der Waals surface area contributed by atoms with Gasteiger partial charge in [0.15, 0.2) is 0 Å². The molecule has 0 radical (unpaired) electrons. The van der Waals surface area contributed by atoms with Gasteiger partial charge in [-0.1, -0.05) is 0 Å². The number of carbonyl (C=O) groups excluding carboxylic acids is 1. The van der Waals surface area contributed by atoms with Gasteiger partial charge in [-0.2, -0.15) is 0 Å². The van der Waals surface area contributed by atoms with Gasteiger partial charge in [0, 0.05) is 17.3 Å². The fourth-order valence-electron chi connectivity index (χ4n) is 1.59. The number of hydrogen-bond acceptors (Lipinski definition) is 4. The molecule has 1 aromatic rings. The summed E-state index contributed by atoms with van der Waals surface area (Å²) >= 11 is 0. The topological polar surface area (TPSA) is 73.6 Å². The molecule has 1 rings (SSSR count). The molecule has 5 heteroatoms. The van der Waals surface area contributed by atoms with Crippen molar-refractivity contribution in [3.05, 3.63) is 23.8 Å². The van der Waals surface area contributed by atoms with Gasteiger partial charge in [-0.25, -0.2) is 4.79 Å². The normalized spacial score (nSPS) is 12.7. The van der Waals surface area contributed by atoms with Crippen LogP contribution in [0.5, 0.6) is 5.75 Å². The smallest absolute Gasteiger partial charge is 0.412 e. The lowest BCUT2D eigenvalue weighted by Crippen LogP contribution is -2.27. The van der Waals surface area contributed by atoms with Gasteiger partial charge in [-0.05, 0) is 45.9 Å². The maximum absolute atomic E-state index is 11.7. The summed E-state index contributed by atoms with van der Waals surface area (Å²) in [5, 5.41) is 2.67. The first-order chi connectivity index (χ1) is 8.73. The number of carbonyl (C=O) groups is 1. The molecule has 1 aromatic carbocycles. The molecule has 0 aliphatic carbocycles. The minimum absolute atomic E-state index is 0.185. The van der Waals surface area contributed by atoms with E-state index < -0.39 is 11.7 Å². The SMILES string of the molecule is COc1ccc(NC(=O)OC(C)(C)C)cc1[C@@H](C)N. The zero-order valence-corrected chi connectivity index (χ0v) is 12.1. The van der Waals surface area contributed by atoms with Gasteiger partial charge in [0.05, 0.1) is 7.11 Å². The molecular weight excluding hydrogens is 244 g/mol. The van der Waals surface area contributed by atoms with Crippen molar-refractivity contribution in [3.63, 3.8) is 0 Å². The van der Waals surface area contributed by atoms with Crippen molar-refractivity contribution in [3.8, 4) is 5.75 Å². The Morgan fingerprint density at radius 2 is 2.00 bits per heavy atom. The minimum Gasteiger partial charge on any atom is -0.496 e. The fraction of sp³-hybridized carbons (Fsp3) is 0.500. The van der Waals surface area contributed by atoms with Crippen LogP contribution in [0.3, 0.4) is 0 Å². The second-order valence-corrected chi connectivity index (χ2v) is 5.37. The molecule has 0 bridgehead atoms. The van der Waals surface area contributed by atoms with E-state index in [1.807, 2.05) is 27.7 Å². The van der Waals surface area contributed by atoms with E-state index in [1.165, 1.54) is 0 Å². The number of nitrogens with two attached hydrogens (primary N) is 1. The second-order valence-electron chi connectivity index (χ2n) is 5.37. The Morgan fingerprint density at radius 3 is 2.47 bits per heavy atom. The fourth-order valence-corrected chi connectivity index (χ4v) is 1.59. The lowest BCUT2D eigenvalue weighted by Gasteiger charge is -2.20. The minimum atomic E-state index is -0.527. The largest absolute Gasteiger partial charge is 0.496 e. The van der Waals surface area contributed by atoms with Crippen molar-refractivity contribution in [1.82, 2.24) is 0 Å². The molecule has 0 aromatic heterocycles. The van der Waals surface area contributed by atoms with Gasteiger partial charge < -0.3 is 15.2 Å². The predicted molar refractivity (Wildman–Crippen MR) is 75.5 cm³/mol. The molecule has 0 aliphatic rings. The number of ether oxygens (including phenoxy) is 2. The highest BCUT2D eigenvalue weighted by molar-refractivity contribution is 5.85. The molecule has 0 unspecified atom stereocenters. The molecule has 0 saturated carbocycles. The van der Waals surface area contributed by atoms with E-state index in [9.17, 15) is 4.79 Å². The summed E-state index contributed by atoms with van der Waals surface area (Å²) in [7, 11) is 1.59. The van der Waals surface area contributed by atoms with Gasteiger partial charge in [0.25, 0.3) is 0 Å². The Labute approximate surface area is 114 Å². The standard InChI is InChI=1S/C14H22N2O3/c1-9(15)11-8-10(6-7-12(11)18-5)16-13(17)19-14(2,3)4/h6-9H,15H2,1-5H3,(H,16,17)/t9-/m1/s1. The Kier molecular flexibility index (Phi) is 4.78. The van der Waals surface area contributed by atoms with Gasteiger partial charge >= 0.3 is 6.09 Å². The summed E-state index contributed by atoms with van der Waals surface area (Å²) in [6, 6.07) is 5.11. The van der Waals surface area contributed by atoms with Crippen molar-refractivity contribution < 1.29 is 14.3 Å². The maximum Gasteiger partial charge on any atom is 0.412 e. The third-order valence-corrected chi connectivity index (χ3v) is 2.37. The Hall–Kier alpha value is -1.75.